The van der Waals surface area contributed by atoms with Crippen LogP contribution in [0.3, 0.4) is 0 Å². The summed E-state index contributed by atoms with van der Waals surface area (Å²) in [7, 11) is 0. The Bertz CT molecular complexity index is 1170. The first-order valence-corrected chi connectivity index (χ1v) is 10.2. The van der Waals surface area contributed by atoms with Crippen LogP contribution in [0.25, 0.3) is 5.76 Å². The van der Waals surface area contributed by atoms with E-state index < -0.39 is 17.7 Å². The van der Waals surface area contributed by atoms with Gasteiger partial charge >= 0.3 is 5.91 Å². The summed E-state index contributed by atoms with van der Waals surface area (Å²) in [6.45, 7) is 5.87. The molecular formula is C24H21ClN2O4. The average Bonchev–Trinajstić information content (AvgIpc) is 3.33. The minimum absolute atomic E-state index is 0.0150. The lowest BCUT2D eigenvalue weighted by Crippen LogP contribution is -2.29. The van der Waals surface area contributed by atoms with Crippen molar-refractivity contribution in [2.75, 3.05) is 4.90 Å². The van der Waals surface area contributed by atoms with Gasteiger partial charge < -0.3 is 9.63 Å². The number of rotatable bonds is 3. The number of amides is 1. The first kappa shape index (κ1) is 20.9. The number of anilines is 1. The van der Waals surface area contributed by atoms with E-state index in [4.69, 9.17) is 16.1 Å². The Kier molecular flexibility index (Phi) is 5.19. The maximum absolute atomic E-state index is 13.1. The molecule has 1 N–H and O–H groups in total. The van der Waals surface area contributed by atoms with Gasteiger partial charge in [-0.2, -0.15) is 0 Å². The molecule has 0 bridgehead atoms. The van der Waals surface area contributed by atoms with Crippen molar-refractivity contribution in [3.8, 4) is 0 Å². The number of aliphatic hydroxyl groups excluding tert-OH is 1. The molecule has 158 valence electrons. The van der Waals surface area contributed by atoms with Crippen LogP contribution in [-0.4, -0.2) is 22.0 Å². The Balaban J connectivity index is 1.92. The molecule has 4 rings (SSSR count). The van der Waals surface area contributed by atoms with Crippen molar-refractivity contribution in [3.63, 3.8) is 0 Å². The summed E-state index contributed by atoms with van der Waals surface area (Å²) in [6.07, 6.45) is 0. The average molecular weight is 437 g/mol. The molecule has 2 heterocycles. The SMILES string of the molecule is CC(C)(C)c1cc(N2C(=O)C(=O)C(=C(O)c3ccccc3)[C@H]2c2ccc(Cl)cc2)no1. The summed E-state index contributed by atoms with van der Waals surface area (Å²) in [6, 6.07) is 16.2. The number of Topliss-reactive ketones (excluding diaryl/α,β-unsaturated/α-hetero) is 1. The van der Waals surface area contributed by atoms with Crippen LogP contribution in [0.5, 0.6) is 0 Å². The predicted octanol–water partition coefficient (Wildman–Crippen LogP) is 5.25. The zero-order valence-electron chi connectivity index (χ0n) is 17.3. The minimum atomic E-state index is -0.879. The van der Waals surface area contributed by atoms with Crippen molar-refractivity contribution >= 4 is 34.9 Å². The topological polar surface area (TPSA) is 83.6 Å². The molecule has 0 radical (unpaired) electrons. The Morgan fingerprint density at radius 2 is 1.71 bits per heavy atom. The van der Waals surface area contributed by atoms with Gasteiger partial charge in [0.1, 0.15) is 11.5 Å². The molecule has 0 saturated carbocycles. The molecule has 0 spiro atoms. The number of hydrogen-bond donors (Lipinski definition) is 1. The molecule has 1 saturated heterocycles. The summed E-state index contributed by atoms with van der Waals surface area (Å²) in [5.74, 6) is -1.05. The highest BCUT2D eigenvalue weighted by Gasteiger charge is 2.48. The van der Waals surface area contributed by atoms with E-state index in [0.29, 0.717) is 21.9 Å². The van der Waals surface area contributed by atoms with E-state index in [-0.39, 0.29) is 22.6 Å². The standard InChI is InChI=1S/C24H21ClN2O4/c1-24(2,3)17-13-18(26-31-17)27-20(14-9-11-16(25)12-10-14)19(22(29)23(27)30)21(28)15-7-5-4-6-8-15/h4-13,20,28H,1-3H3/t20-/m1/s1. The fourth-order valence-corrected chi connectivity index (χ4v) is 3.64. The van der Waals surface area contributed by atoms with Gasteiger partial charge in [0.05, 0.1) is 11.6 Å². The van der Waals surface area contributed by atoms with Crippen molar-refractivity contribution < 1.29 is 19.2 Å². The monoisotopic (exact) mass is 436 g/mol. The molecule has 0 unspecified atom stereocenters. The van der Waals surface area contributed by atoms with Gasteiger partial charge in [0.2, 0.25) is 0 Å². The van der Waals surface area contributed by atoms with Gasteiger partial charge in [-0.3, -0.25) is 14.5 Å². The number of halogens is 1. The van der Waals surface area contributed by atoms with E-state index in [1.165, 1.54) is 4.90 Å². The molecule has 1 amide bonds. The molecule has 1 aromatic heterocycles. The number of carbonyl (C=O) groups is 2. The van der Waals surface area contributed by atoms with Crippen molar-refractivity contribution in [1.29, 1.82) is 0 Å². The van der Waals surface area contributed by atoms with Crippen LogP contribution >= 0.6 is 11.6 Å². The van der Waals surface area contributed by atoms with E-state index in [9.17, 15) is 14.7 Å². The van der Waals surface area contributed by atoms with Crippen LogP contribution in [0.2, 0.25) is 5.02 Å². The van der Waals surface area contributed by atoms with E-state index in [0.717, 1.165) is 0 Å². The number of aliphatic hydroxyl groups is 1. The number of nitrogens with zero attached hydrogens (tertiary/aromatic N) is 2. The highest BCUT2D eigenvalue weighted by Crippen LogP contribution is 2.42. The lowest BCUT2D eigenvalue weighted by Gasteiger charge is -2.23. The number of benzene rings is 2. The summed E-state index contributed by atoms with van der Waals surface area (Å²) in [5.41, 5.74) is 0.703. The van der Waals surface area contributed by atoms with E-state index in [1.54, 1.807) is 60.7 Å². The lowest BCUT2D eigenvalue weighted by atomic mass is 9.93. The molecule has 3 aromatic rings. The van der Waals surface area contributed by atoms with Crippen LogP contribution in [0.4, 0.5) is 5.82 Å². The van der Waals surface area contributed by atoms with Gasteiger partial charge in [0.15, 0.2) is 5.82 Å². The Hall–Kier alpha value is -3.38. The molecule has 7 heteroatoms. The zero-order valence-corrected chi connectivity index (χ0v) is 18.1. The molecule has 0 aliphatic carbocycles. The molecule has 6 nitrogen and oxygen atoms in total. The highest BCUT2D eigenvalue weighted by atomic mass is 35.5. The summed E-state index contributed by atoms with van der Waals surface area (Å²) in [5, 5.41) is 15.6. The first-order chi connectivity index (χ1) is 14.7. The van der Waals surface area contributed by atoms with E-state index in [2.05, 4.69) is 5.16 Å². The maximum atomic E-state index is 13.1. The summed E-state index contributed by atoms with van der Waals surface area (Å²) >= 11 is 6.04. The number of carbonyl (C=O) groups excluding carboxylic acids is 2. The fraction of sp³-hybridized carbons (Fsp3) is 0.208. The lowest BCUT2D eigenvalue weighted by molar-refractivity contribution is -0.132. The van der Waals surface area contributed by atoms with Crippen LogP contribution in [0.1, 0.15) is 43.7 Å². The molecule has 1 fully saturated rings. The van der Waals surface area contributed by atoms with Crippen molar-refractivity contribution in [3.05, 3.63) is 88.1 Å². The van der Waals surface area contributed by atoms with Gasteiger partial charge in [-0.15, -0.1) is 0 Å². The molecule has 1 aliphatic rings. The maximum Gasteiger partial charge on any atom is 0.301 e. The zero-order chi connectivity index (χ0) is 22.3. The van der Waals surface area contributed by atoms with Crippen LogP contribution < -0.4 is 4.90 Å². The third-order valence-corrected chi connectivity index (χ3v) is 5.41. The third-order valence-electron chi connectivity index (χ3n) is 5.16. The van der Waals surface area contributed by atoms with Crippen molar-refractivity contribution in [1.82, 2.24) is 5.16 Å². The van der Waals surface area contributed by atoms with Crippen LogP contribution in [-0.2, 0) is 15.0 Å². The highest BCUT2D eigenvalue weighted by molar-refractivity contribution is 6.51. The minimum Gasteiger partial charge on any atom is -0.507 e. The molecule has 1 atom stereocenters. The van der Waals surface area contributed by atoms with Crippen LogP contribution in [0.15, 0.2) is 70.8 Å². The molecule has 2 aromatic carbocycles. The molecule has 1 aliphatic heterocycles. The van der Waals surface area contributed by atoms with Gasteiger partial charge in [-0.25, -0.2) is 0 Å². The fourth-order valence-electron chi connectivity index (χ4n) is 3.51. The van der Waals surface area contributed by atoms with Crippen molar-refractivity contribution in [2.45, 2.75) is 32.2 Å². The largest absolute Gasteiger partial charge is 0.507 e. The first-order valence-electron chi connectivity index (χ1n) is 9.77. The second-order valence-electron chi connectivity index (χ2n) is 8.39. The summed E-state index contributed by atoms with van der Waals surface area (Å²) < 4.78 is 5.45. The van der Waals surface area contributed by atoms with Crippen molar-refractivity contribution in [2.24, 2.45) is 0 Å². The Morgan fingerprint density at radius 3 is 2.29 bits per heavy atom. The van der Waals surface area contributed by atoms with E-state index >= 15 is 0 Å². The normalized spacial score (nSPS) is 18.6. The molecular weight excluding hydrogens is 416 g/mol. The van der Waals surface area contributed by atoms with Gasteiger partial charge in [-0.05, 0) is 17.7 Å². The van der Waals surface area contributed by atoms with Gasteiger partial charge in [0.25, 0.3) is 5.78 Å². The smallest absolute Gasteiger partial charge is 0.301 e. The Labute approximate surface area is 184 Å². The second-order valence-corrected chi connectivity index (χ2v) is 8.82. The third kappa shape index (κ3) is 3.75. The summed E-state index contributed by atoms with van der Waals surface area (Å²) in [4.78, 5) is 27.4. The Morgan fingerprint density at radius 1 is 1.06 bits per heavy atom. The van der Waals surface area contributed by atoms with Gasteiger partial charge in [0, 0.05) is 22.1 Å². The number of aromatic nitrogens is 1. The number of ketones is 1. The molecule has 31 heavy (non-hydrogen) atoms. The number of hydrogen-bond acceptors (Lipinski definition) is 5. The van der Waals surface area contributed by atoms with Gasteiger partial charge in [-0.1, -0.05) is 80.0 Å². The van der Waals surface area contributed by atoms with Crippen LogP contribution in [0, 0.1) is 0 Å². The predicted molar refractivity (Wildman–Crippen MR) is 118 cm³/mol. The quantitative estimate of drug-likeness (QED) is 0.344. The second kappa shape index (κ2) is 7.71. The van der Waals surface area contributed by atoms with E-state index in [1.807, 2.05) is 20.8 Å².